The molecule has 3 heteroatoms. The average Bonchev–Trinajstić information content (AvgIpc) is 2.46. The van der Waals surface area contributed by atoms with Gasteiger partial charge in [0.25, 0.3) is 0 Å². The number of hydrogen-bond acceptors (Lipinski definition) is 3. The molecule has 21 heavy (non-hydrogen) atoms. The van der Waals surface area contributed by atoms with E-state index >= 15 is 0 Å². The van der Waals surface area contributed by atoms with E-state index in [0.29, 0.717) is 18.9 Å². The number of rotatable bonds is 3. The van der Waals surface area contributed by atoms with E-state index < -0.39 is 0 Å². The van der Waals surface area contributed by atoms with E-state index in [2.05, 4.69) is 0 Å². The molecule has 0 aliphatic heterocycles. The summed E-state index contributed by atoms with van der Waals surface area (Å²) in [6.07, 6.45) is 10.2. The predicted molar refractivity (Wildman–Crippen MR) is 81.6 cm³/mol. The van der Waals surface area contributed by atoms with Crippen LogP contribution in [0.1, 0.15) is 64.7 Å². The lowest BCUT2D eigenvalue weighted by Crippen LogP contribution is -2.42. The summed E-state index contributed by atoms with van der Waals surface area (Å²) in [4.78, 5) is 11.7. The van der Waals surface area contributed by atoms with Gasteiger partial charge in [-0.15, -0.1) is 0 Å². The summed E-state index contributed by atoms with van der Waals surface area (Å²) in [7, 11) is 0. The molecule has 0 spiro atoms. The van der Waals surface area contributed by atoms with Crippen LogP contribution in [0.4, 0.5) is 0 Å². The fraction of sp³-hybridized carbons (Fsp3) is 0.944. The molecule has 0 bridgehead atoms. The molecule has 0 aromatic carbocycles. The first-order valence-electron chi connectivity index (χ1n) is 9.01. The Hall–Kier alpha value is -0.570. The molecular weight excluding hydrogens is 264 g/mol. The number of hydrogen-bond donors (Lipinski definition) is 1. The van der Waals surface area contributed by atoms with Crippen molar-refractivity contribution < 1.29 is 14.6 Å². The molecule has 0 radical (unpaired) electrons. The van der Waals surface area contributed by atoms with Crippen LogP contribution in [0.15, 0.2) is 0 Å². The Morgan fingerprint density at radius 3 is 2.38 bits per heavy atom. The van der Waals surface area contributed by atoms with Crippen molar-refractivity contribution in [3.05, 3.63) is 0 Å². The Morgan fingerprint density at radius 1 is 1.00 bits per heavy atom. The third-order valence-corrected chi connectivity index (χ3v) is 6.38. The molecule has 0 aromatic rings. The van der Waals surface area contributed by atoms with Gasteiger partial charge in [0.1, 0.15) is 0 Å². The van der Waals surface area contributed by atoms with E-state index in [9.17, 15) is 9.90 Å². The van der Waals surface area contributed by atoms with Crippen molar-refractivity contribution in [1.82, 2.24) is 0 Å². The Morgan fingerprint density at radius 2 is 1.67 bits per heavy atom. The summed E-state index contributed by atoms with van der Waals surface area (Å²) < 4.78 is 5.11. The first-order chi connectivity index (χ1) is 10.2. The van der Waals surface area contributed by atoms with Gasteiger partial charge in [-0.25, -0.2) is 0 Å². The topological polar surface area (TPSA) is 46.5 Å². The van der Waals surface area contributed by atoms with Gasteiger partial charge in [0, 0.05) is 6.42 Å². The normalized spacial score (nSPS) is 42.8. The molecule has 3 fully saturated rings. The van der Waals surface area contributed by atoms with Gasteiger partial charge < -0.3 is 9.84 Å². The fourth-order valence-corrected chi connectivity index (χ4v) is 5.51. The van der Waals surface area contributed by atoms with Crippen LogP contribution in [0.5, 0.6) is 0 Å². The van der Waals surface area contributed by atoms with Crippen LogP contribution in [-0.4, -0.2) is 23.8 Å². The first kappa shape index (κ1) is 15.3. The molecular formula is C18H30O3. The fourth-order valence-electron chi connectivity index (χ4n) is 5.51. The molecule has 120 valence electrons. The molecule has 3 nitrogen and oxygen atoms in total. The van der Waals surface area contributed by atoms with Gasteiger partial charge in [0.15, 0.2) is 0 Å². The highest BCUT2D eigenvalue weighted by atomic mass is 16.5. The highest BCUT2D eigenvalue weighted by Crippen LogP contribution is 2.52. The Kier molecular flexibility index (Phi) is 4.88. The third-order valence-electron chi connectivity index (χ3n) is 6.38. The van der Waals surface area contributed by atoms with Crippen LogP contribution in [0.25, 0.3) is 0 Å². The molecule has 3 rings (SSSR count). The van der Waals surface area contributed by atoms with Gasteiger partial charge in [-0.1, -0.05) is 0 Å². The third kappa shape index (κ3) is 3.44. The van der Waals surface area contributed by atoms with Crippen molar-refractivity contribution in [3.63, 3.8) is 0 Å². The van der Waals surface area contributed by atoms with E-state index in [0.717, 1.165) is 36.5 Å². The van der Waals surface area contributed by atoms with E-state index in [-0.39, 0.29) is 12.1 Å². The van der Waals surface area contributed by atoms with Crippen LogP contribution in [0.3, 0.4) is 0 Å². The van der Waals surface area contributed by atoms with Gasteiger partial charge in [0.05, 0.1) is 12.7 Å². The summed E-state index contributed by atoms with van der Waals surface area (Å²) in [5, 5.41) is 9.88. The van der Waals surface area contributed by atoms with E-state index in [1.165, 1.54) is 38.5 Å². The summed E-state index contributed by atoms with van der Waals surface area (Å²) in [6.45, 7) is 2.39. The summed E-state index contributed by atoms with van der Waals surface area (Å²) in [5.41, 5.74) is 0. The Bertz CT molecular complexity index is 367. The SMILES string of the molecule is CCOC(=O)C[C@@H]1CC[C@@H]2[C@H](CC[C@@H]3C[C@@H](O)CC[C@@H]32)C1. The second-order valence-electron chi connectivity index (χ2n) is 7.58. The number of ether oxygens (including phenoxy) is 1. The van der Waals surface area contributed by atoms with E-state index in [1.807, 2.05) is 6.92 Å². The van der Waals surface area contributed by atoms with Gasteiger partial charge in [0.2, 0.25) is 0 Å². The quantitative estimate of drug-likeness (QED) is 0.810. The first-order valence-corrected chi connectivity index (χ1v) is 9.01. The molecule has 0 unspecified atom stereocenters. The molecule has 6 atom stereocenters. The zero-order valence-electron chi connectivity index (χ0n) is 13.3. The van der Waals surface area contributed by atoms with Crippen LogP contribution in [0, 0.1) is 29.6 Å². The smallest absolute Gasteiger partial charge is 0.306 e. The summed E-state index contributed by atoms with van der Waals surface area (Å²) in [6, 6.07) is 0. The highest BCUT2D eigenvalue weighted by Gasteiger charge is 2.44. The molecule has 0 saturated heterocycles. The van der Waals surface area contributed by atoms with Gasteiger partial charge >= 0.3 is 5.97 Å². The molecule has 3 aliphatic rings. The molecule has 1 N–H and O–H groups in total. The zero-order chi connectivity index (χ0) is 14.8. The van der Waals surface area contributed by atoms with Crippen molar-refractivity contribution in [2.75, 3.05) is 6.61 Å². The maximum Gasteiger partial charge on any atom is 0.306 e. The largest absolute Gasteiger partial charge is 0.466 e. The number of fused-ring (bicyclic) bond motifs is 3. The maximum atomic E-state index is 11.7. The highest BCUT2D eigenvalue weighted by molar-refractivity contribution is 5.69. The summed E-state index contributed by atoms with van der Waals surface area (Å²) >= 11 is 0. The second-order valence-corrected chi connectivity index (χ2v) is 7.58. The minimum absolute atomic E-state index is 0.00424. The second kappa shape index (κ2) is 6.68. The molecule has 0 amide bonds. The van der Waals surface area contributed by atoms with Crippen LogP contribution < -0.4 is 0 Å². The molecule has 3 aliphatic carbocycles. The maximum absolute atomic E-state index is 11.7. The molecule has 3 saturated carbocycles. The van der Waals surface area contributed by atoms with E-state index in [1.54, 1.807) is 0 Å². The standard InChI is InChI=1S/C18H30O3/c1-2-21-18(20)10-12-3-7-16-13(9-12)4-5-14-11-15(19)6-8-17(14)16/h12-17,19H,2-11H2,1H3/t12-,13-,14-,15+,16-,17+/m1/s1. The number of carbonyl (C=O) groups excluding carboxylic acids is 1. The number of carbonyl (C=O) groups is 1. The number of aliphatic hydroxyl groups is 1. The Labute approximate surface area is 128 Å². The van der Waals surface area contributed by atoms with Crippen LogP contribution in [0.2, 0.25) is 0 Å². The van der Waals surface area contributed by atoms with Gasteiger partial charge in [-0.05, 0) is 87.9 Å². The summed E-state index contributed by atoms with van der Waals surface area (Å²) in [5.74, 6) is 3.88. The molecule has 0 aromatic heterocycles. The van der Waals surface area contributed by atoms with Gasteiger partial charge in [-0.2, -0.15) is 0 Å². The van der Waals surface area contributed by atoms with Crippen molar-refractivity contribution in [1.29, 1.82) is 0 Å². The van der Waals surface area contributed by atoms with Gasteiger partial charge in [-0.3, -0.25) is 4.79 Å². The van der Waals surface area contributed by atoms with Crippen molar-refractivity contribution in [2.24, 2.45) is 29.6 Å². The zero-order valence-corrected chi connectivity index (χ0v) is 13.3. The lowest BCUT2D eigenvalue weighted by atomic mass is 9.56. The molecule has 0 heterocycles. The average molecular weight is 294 g/mol. The van der Waals surface area contributed by atoms with Crippen LogP contribution in [-0.2, 0) is 9.53 Å². The minimum Gasteiger partial charge on any atom is -0.466 e. The number of aliphatic hydroxyl groups excluding tert-OH is 1. The Balaban J connectivity index is 1.55. The predicted octanol–water partition coefficient (Wildman–Crippen LogP) is 3.54. The van der Waals surface area contributed by atoms with Crippen molar-refractivity contribution in [2.45, 2.75) is 70.8 Å². The lowest BCUT2D eigenvalue weighted by molar-refractivity contribution is -0.145. The van der Waals surface area contributed by atoms with E-state index in [4.69, 9.17) is 4.74 Å². The minimum atomic E-state index is -0.0389. The van der Waals surface area contributed by atoms with Crippen molar-refractivity contribution >= 4 is 5.97 Å². The number of esters is 1. The monoisotopic (exact) mass is 294 g/mol. The lowest BCUT2D eigenvalue weighted by Gasteiger charge is -2.50. The van der Waals surface area contributed by atoms with Crippen molar-refractivity contribution in [3.8, 4) is 0 Å². The van der Waals surface area contributed by atoms with Crippen LogP contribution >= 0.6 is 0 Å².